The van der Waals surface area contributed by atoms with E-state index in [1.165, 1.54) is 30.5 Å². The Bertz CT molecular complexity index is 982. The fourth-order valence-corrected chi connectivity index (χ4v) is 5.60. The van der Waals surface area contributed by atoms with Crippen LogP contribution in [0.15, 0.2) is 45.9 Å². The molecule has 10 heteroatoms. The number of rotatable bonds is 9. The molecule has 0 amide bonds. The molecule has 1 aliphatic heterocycles. The molecule has 1 aromatic carbocycles. The first-order chi connectivity index (χ1) is 12.8. The summed E-state index contributed by atoms with van der Waals surface area (Å²) in [6.07, 6.45) is 2.57. The standard InChI is InChI=1S/C17H21NO7S2/c1-2-3-9-26(19,20)18-11-17(15-5-4-8-23-15)27(21,22)13-6-7-14-16(10-13)25-12-24-14/h4-8,10,17-18H,2-3,9,11-12H2,1H3/t17-/m0/s1. The zero-order chi connectivity index (χ0) is 19.5. The van der Waals surface area contributed by atoms with E-state index in [2.05, 4.69) is 4.72 Å². The molecule has 1 N–H and O–H groups in total. The highest BCUT2D eigenvalue weighted by Gasteiger charge is 2.33. The molecule has 3 rings (SSSR count). The first kappa shape index (κ1) is 19.7. The van der Waals surface area contributed by atoms with Crippen molar-refractivity contribution in [1.82, 2.24) is 4.72 Å². The SMILES string of the molecule is CCCCS(=O)(=O)NC[C@@H](c1ccco1)S(=O)(=O)c1ccc2c(c1)OCO2. The van der Waals surface area contributed by atoms with Crippen molar-refractivity contribution in [3.8, 4) is 11.5 Å². The molecule has 148 valence electrons. The maximum Gasteiger partial charge on any atom is 0.231 e. The first-order valence-corrected chi connectivity index (χ1v) is 11.7. The summed E-state index contributed by atoms with van der Waals surface area (Å²) < 4.78 is 68.7. The molecule has 0 saturated carbocycles. The number of sulfonamides is 1. The summed E-state index contributed by atoms with van der Waals surface area (Å²) in [5, 5.41) is -1.20. The molecule has 27 heavy (non-hydrogen) atoms. The van der Waals surface area contributed by atoms with Crippen molar-refractivity contribution in [2.24, 2.45) is 0 Å². The Morgan fingerprint density at radius 2 is 1.89 bits per heavy atom. The highest BCUT2D eigenvalue weighted by molar-refractivity contribution is 7.92. The van der Waals surface area contributed by atoms with Crippen LogP contribution in [0.1, 0.15) is 30.8 Å². The molecule has 0 saturated heterocycles. The Kier molecular flexibility index (Phi) is 5.78. The fourth-order valence-electron chi connectivity index (χ4n) is 2.66. The summed E-state index contributed by atoms with van der Waals surface area (Å²) in [4.78, 5) is 0.000839. The zero-order valence-electron chi connectivity index (χ0n) is 14.8. The van der Waals surface area contributed by atoms with Gasteiger partial charge in [0.05, 0.1) is 16.9 Å². The van der Waals surface area contributed by atoms with Gasteiger partial charge in [0.25, 0.3) is 0 Å². The van der Waals surface area contributed by atoms with E-state index >= 15 is 0 Å². The van der Waals surface area contributed by atoms with Gasteiger partial charge in [-0.1, -0.05) is 13.3 Å². The number of furan rings is 1. The van der Waals surface area contributed by atoms with Gasteiger partial charge in [0, 0.05) is 12.6 Å². The van der Waals surface area contributed by atoms with Crippen LogP contribution in [0.25, 0.3) is 0 Å². The molecule has 0 bridgehead atoms. The van der Waals surface area contributed by atoms with Gasteiger partial charge in [-0.3, -0.25) is 0 Å². The molecular formula is C17H21NO7S2. The average Bonchev–Trinajstić information content (AvgIpc) is 3.30. The minimum atomic E-state index is -3.94. The maximum atomic E-state index is 13.2. The molecule has 8 nitrogen and oxygen atoms in total. The van der Waals surface area contributed by atoms with E-state index in [0.29, 0.717) is 17.9 Å². The summed E-state index contributed by atoms with van der Waals surface area (Å²) >= 11 is 0. The van der Waals surface area contributed by atoms with Crippen LogP contribution in [0.2, 0.25) is 0 Å². The van der Waals surface area contributed by atoms with Crippen molar-refractivity contribution in [2.75, 3.05) is 19.1 Å². The Hall–Kier alpha value is -2.04. The number of sulfone groups is 1. The monoisotopic (exact) mass is 415 g/mol. The van der Waals surface area contributed by atoms with E-state index in [1.807, 2.05) is 6.92 Å². The Balaban J connectivity index is 1.89. The van der Waals surface area contributed by atoms with Crippen LogP contribution in [0.4, 0.5) is 0 Å². The Labute approximate surface area is 158 Å². The minimum absolute atomic E-state index is 0.000839. The highest BCUT2D eigenvalue weighted by atomic mass is 32.2. The molecule has 0 radical (unpaired) electrons. The van der Waals surface area contributed by atoms with E-state index < -0.39 is 25.1 Å². The number of ether oxygens (including phenoxy) is 2. The van der Waals surface area contributed by atoms with Crippen molar-refractivity contribution in [3.63, 3.8) is 0 Å². The molecule has 2 aromatic rings. The minimum Gasteiger partial charge on any atom is -0.468 e. The van der Waals surface area contributed by atoms with Crippen molar-refractivity contribution >= 4 is 19.9 Å². The fraction of sp³-hybridized carbons (Fsp3) is 0.412. The Morgan fingerprint density at radius 1 is 1.11 bits per heavy atom. The first-order valence-electron chi connectivity index (χ1n) is 8.48. The molecule has 1 aromatic heterocycles. The molecule has 1 aliphatic rings. The summed E-state index contributed by atoms with van der Waals surface area (Å²) in [5.41, 5.74) is 0. The smallest absolute Gasteiger partial charge is 0.231 e. The van der Waals surface area contributed by atoms with E-state index in [4.69, 9.17) is 13.9 Å². The molecule has 1 atom stereocenters. The van der Waals surface area contributed by atoms with E-state index in [1.54, 1.807) is 6.07 Å². The summed E-state index contributed by atoms with van der Waals surface area (Å²) in [6, 6.07) is 7.36. The number of hydrogen-bond acceptors (Lipinski definition) is 7. The van der Waals surface area contributed by atoms with Gasteiger partial charge >= 0.3 is 0 Å². The normalized spacial score (nSPS) is 15.0. The van der Waals surface area contributed by atoms with Crippen molar-refractivity contribution in [3.05, 3.63) is 42.4 Å². The second-order valence-corrected chi connectivity index (χ2v) is 10.1. The zero-order valence-corrected chi connectivity index (χ0v) is 16.4. The molecule has 0 aliphatic carbocycles. The number of fused-ring (bicyclic) bond motifs is 1. The quantitative estimate of drug-likeness (QED) is 0.668. The molecule has 2 heterocycles. The van der Waals surface area contributed by atoms with Crippen LogP contribution in [-0.4, -0.2) is 35.9 Å². The lowest BCUT2D eigenvalue weighted by Crippen LogP contribution is -2.33. The topological polar surface area (TPSA) is 112 Å². The summed E-state index contributed by atoms with van der Waals surface area (Å²) in [6.45, 7) is 1.58. The van der Waals surface area contributed by atoms with Crippen LogP contribution in [0.5, 0.6) is 11.5 Å². The largest absolute Gasteiger partial charge is 0.468 e. The predicted octanol–water partition coefficient (Wildman–Crippen LogP) is 2.24. The van der Waals surface area contributed by atoms with Gasteiger partial charge in [0.2, 0.25) is 16.8 Å². The predicted molar refractivity (Wildman–Crippen MR) is 97.9 cm³/mol. The van der Waals surface area contributed by atoms with Gasteiger partial charge in [0.1, 0.15) is 11.0 Å². The van der Waals surface area contributed by atoms with Crippen LogP contribution in [0, 0.1) is 0 Å². The summed E-state index contributed by atoms with van der Waals surface area (Å²) in [5.74, 6) is 0.894. The lowest BCUT2D eigenvalue weighted by molar-refractivity contribution is 0.174. The number of hydrogen-bond donors (Lipinski definition) is 1. The number of unbranched alkanes of at least 4 members (excludes halogenated alkanes) is 1. The molecule has 0 unspecified atom stereocenters. The van der Waals surface area contributed by atoms with Gasteiger partial charge in [0.15, 0.2) is 21.3 Å². The van der Waals surface area contributed by atoms with E-state index in [-0.39, 0.29) is 29.7 Å². The average molecular weight is 415 g/mol. The van der Waals surface area contributed by atoms with Crippen molar-refractivity contribution in [1.29, 1.82) is 0 Å². The van der Waals surface area contributed by atoms with Crippen LogP contribution < -0.4 is 14.2 Å². The van der Waals surface area contributed by atoms with Crippen molar-refractivity contribution < 1.29 is 30.7 Å². The lowest BCUT2D eigenvalue weighted by atomic mass is 10.3. The third kappa shape index (κ3) is 4.45. The summed E-state index contributed by atoms with van der Waals surface area (Å²) in [7, 11) is -7.53. The molecule has 0 spiro atoms. The van der Waals surface area contributed by atoms with E-state index in [9.17, 15) is 16.8 Å². The van der Waals surface area contributed by atoms with Crippen LogP contribution >= 0.6 is 0 Å². The second kappa shape index (κ2) is 7.91. The lowest BCUT2D eigenvalue weighted by Gasteiger charge is -2.17. The third-order valence-electron chi connectivity index (χ3n) is 4.16. The van der Waals surface area contributed by atoms with E-state index in [0.717, 1.165) is 6.42 Å². The van der Waals surface area contributed by atoms with Crippen LogP contribution in [0.3, 0.4) is 0 Å². The van der Waals surface area contributed by atoms with Gasteiger partial charge < -0.3 is 13.9 Å². The molecule has 0 fully saturated rings. The van der Waals surface area contributed by atoms with Gasteiger partial charge in [-0.2, -0.15) is 0 Å². The number of nitrogens with one attached hydrogen (secondary N) is 1. The second-order valence-electron chi connectivity index (χ2n) is 6.09. The van der Waals surface area contributed by atoms with Gasteiger partial charge in [-0.15, -0.1) is 0 Å². The Morgan fingerprint density at radius 3 is 2.59 bits per heavy atom. The van der Waals surface area contributed by atoms with Gasteiger partial charge in [-0.05, 0) is 30.7 Å². The van der Waals surface area contributed by atoms with Crippen molar-refractivity contribution in [2.45, 2.75) is 29.9 Å². The highest BCUT2D eigenvalue weighted by Crippen LogP contribution is 2.37. The van der Waals surface area contributed by atoms with Crippen LogP contribution in [-0.2, 0) is 19.9 Å². The number of benzene rings is 1. The third-order valence-corrected chi connectivity index (χ3v) is 7.65. The molecular weight excluding hydrogens is 394 g/mol. The maximum absolute atomic E-state index is 13.2. The van der Waals surface area contributed by atoms with Gasteiger partial charge in [-0.25, -0.2) is 21.6 Å².